The van der Waals surface area contributed by atoms with Crippen molar-refractivity contribution in [3.63, 3.8) is 0 Å². The van der Waals surface area contributed by atoms with Gasteiger partial charge in [-0.3, -0.25) is 0 Å². The fourth-order valence-electron chi connectivity index (χ4n) is 2.04. The van der Waals surface area contributed by atoms with Gasteiger partial charge in [-0.1, -0.05) is 24.3 Å². The minimum absolute atomic E-state index is 0.577. The second kappa shape index (κ2) is 2.44. The van der Waals surface area contributed by atoms with Gasteiger partial charge in [-0.15, -0.1) is 0 Å². The van der Waals surface area contributed by atoms with Crippen molar-refractivity contribution in [3.05, 3.63) is 24.3 Å². The van der Waals surface area contributed by atoms with E-state index in [2.05, 4.69) is 0 Å². The number of hydrogen-bond donors (Lipinski definition) is 2. The summed E-state index contributed by atoms with van der Waals surface area (Å²) < 4.78 is 0. The molecule has 0 saturated carbocycles. The van der Waals surface area contributed by atoms with E-state index in [0.717, 1.165) is 0 Å². The maximum atomic E-state index is 10.1. The van der Waals surface area contributed by atoms with E-state index in [9.17, 15) is 10.2 Å². The van der Waals surface area contributed by atoms with Gasteiger partial charge in [-0.25, -0.2) is 0 Å². The van der Waals surface area contributed by atoms with E-state index >= 15 is 0 Å². The van der Waals surface area contributed by atoms with Gasteiger partial charge in [0.2, 0.25) is 0 Å². The number of hydrogen-bond acceptors (Lipinski definition) is 2. The maximum absolute atomic E-state index is 10.1. The molecular weight excluding hydrogens is 152 g/mol. The molecule has 2 aliphatic rings. The van der Waals surface area contributed by atoms with E-state index < -0.39 is 11.2 Å². The molecule has 2 N–H and O–H groups in total. The third-order valence-corrected chi connectivity index (χ3v) is 3.02. The van der Waals surface area contributed by atoms with Gasteiger partial charge >= 0.3 is 0 Å². The predicted octanol–water partition coefficient (Wildman–Crippen LogP) is 1.15. The summed E-state index contributed by atoms with van der Waals surface area (Å²) >= 11 is 0. The Kier molecular flexibility index (Phi) is 1.63. The molecule has 0 fully saturated rings. The molecule has 0 aromatic heterocycles. The van der Waals surface area contributed by atoms with Crippen LogP contribution in [0.2, 0.25) is 0 Å². The lowest BCUT2D eigenvalue weighted by atomic mass is 9.68. The fraction of sp³-hybridized carbons (Fsp3) is 0.600. The van der Waals surface area contributed by atoms with Crippen molar-refractivity contribution in [3.8, 4) is 0 Å². The van der Waals surface area contributed by atoms with Crippen molar-refractivity contribution in [2.45, 2.75) is 36.9 Å². The zero-order valence-electron chi connectivity index (χ0n) is 7.03. The van der Waals surface area contributed by atoms with Crippen molar-refractivity contribution in [2.75, 3.05) is 0 Å². The highest BCUT2D eigenvalue weighted by Gasteiger charge is 2.48. The molecule has 0 unspecified atom stereocenters. The van der Waals surface area contributed by atoms with Crippen LogP contribution < -0.4 is 0 Å². The van der Waals surface area contributed by atoms with Crippen LogP contribution in [0.1, 0.15) is 25.7 Å². The van der Waals surface area contributed by atoms with Crippen LogP contribution in [0, 0.1) is 0 Å². The Hall–Kier alpha value is -0.600. The first-order valence-electron chi connectivity index (χ1n) is 4.41. The third-order valence-electron chi connectivity index (χ3n) is 3.02. The van der Waals surface area contributed by atoms with Crippen LogP contribution in [0.3, 0.4) is 0 Å². The Morgan fingerprint density at radius 2 is 0.917 bits per heavy atom. The quantitative estimate of drug-likeness (QED) is 0.530. The topological polar surface area (TPSA) is 40.5 Å². The van der Waals surface area contributed by atoms with Crippen LogP contribution in [0.5, 0.6) is 0 Å². The molecule has 0 aromatic rings. The number of rotatable bonds is 0. The molecule has 0 spiro atoms. The van der Waals surface area contributed by atoms with Crippen LogP contribution in [0.25, 0.3) is 0 Å². The summed E-state index contributed by atoms with van der Waals surface area (Å²) in [6.07, 6.45) is 10.1. The maximum Gasteiger partial charge on any atom is 0.101 e. The second-order valence-corrected chi connectivity index (χ2v) is 3.82. The molecule has 0 aromatic carbocycles. The van der Waals surface area contributed by atoms with E-state index in [1.807, 2.05) is 24.3 Å². The highest BCUT2D eigenvalue weighted by atomic mass is 16.4. The van der Waals surface area contributed by atoms with Crippen molar-refractivity contribution in [1.29, 1.82) is 0 Å². The van der Waals surface area contributed by atoms with E-state index in [0.29, 0.717) is 25.7 Å². The largest absolute Gasteiger partial charge is 0.386 e. The predicted molar refractivity (Wildman–Crippen MR) is 46.6 cm³/mol. The van der Waals surface area contributed by atoms with Gasteiger partial charge in [0.05, 0.1) is 0 Å². The molecule has 0 radical (unpaired) electrons. The molecule has 66 valence electrons. The summed E-state index contributed by atoms with van der Waals surface area (Å²) in [5, 5.41) is 20.2. The van der Waals surface area contributed by atoms with Gasteiger partial charge in [0.25, 0.3) is 0 Å². The van der Waals surface area contributed by atoms with Crippen molar-refractivity contribution in [2.24, 2.45) is 0 Å². The fourth-order valence-corrected chi connectivity index (χ4v) is 2.04. The van der Waals surface area contributed by atoms with E-state index in [1.165, 1.54) is 0 Å². The van der Waals surface area contributed by atoms with Gasteiger partial charge in [0.1, 0.15) is 11.2 Å². The minimum atomic E-state index is -0.906. The molecule has 0 aliphatic heterocycles. The van der Waals surface area contributed by atoms with Crippen molar-refractivity contribution in [1.82, 2.24) is 0 Å². The summed E-state index contributed by atoms with van der Waals surface area (Å²) in [5.74, 6) is 0. The standard InChI is InChI=1S/C10H14O2/c11-9-5-1-2-6-10(9,12)8-4-3-7-9/h1-4,11-12H,5-8H2. The summed E-state index contributed by atoms with van der Waals surface area (Å²) in [7, 11) is 0. The Morgan fingerprint density at radius 3 is 1.17 bits per heavy atom. The molecule has 2 nitrogen and oxygen atoms in total. The lowest BCUT2D eigenvalue weighted by Crippen LogP contribution is -2.55. The van der Waals surface area contributed by atoms with Crippen LogP contribution >= 0.6 is 0 Å². The third kappa shape index (κ3) is 0.952. The summed E-state index contributed by atoms with van der Waals surface area (Å²) in [6, 6.07) is 0. The van der Waals surface area contributed by atoms with Crippen molar-refractivity contribution >= 4 is 0 Å². The highest BCUT2D eigenvalue weighted by Crippen LogP contribution is 2.41. The molecular formula is C10H14O2. The van der Waals surface area contributed by atoms with Crippen LogP contribution in [0.15, 0.2) is 24.3 Å². The van der Waals surface area contributed by atoms with Crippen LogP contribution in [-0.2, 0) is 0 Å². The van der Waals surface area contributed by atoms with Gasteiger partial charge < -0.3 is 10.2 Å². The van der Waals surface area contributed by atoms with Gasteiger partial charge in [-0.2, -0.15) is 0 Å². The van der Waals surface area contributed by atoms with E-state index in [4.69, 9.17) is 0 Å². The Bertz CT molecular complexity index is 198. The second-order valence-electron chi connectivity index (χ2n) is 3.82. The van der Waals surface area contributed by atoms with Gasteiger partial charge in [-0.05, 0) is 25.7 Å². The first-order chi connectivity index (χ1) is 5.66. The smallest absolute Gasteiger partial charge is 0.101 e. The average molecular weight is 166 g/mol. The zero-order valence-corrected chi connectivity index (χ0v) is 7.03. The first-order valence-corrected chi connectivity index (χ1v) is 4.41. The van der Waals surface area contributed by atoms with E-state index in [1.54, 1.807) is 0 Å². The SMILES string of the molecule is OC12CC=CCC1(O)CC=CC2. The molecule has 0 atom stereocenters. The van der Waals surface area contributed by atoms with Crippen molar-refractivity contribution < 1.29 is 10.2 Å². The Balaban J connectivity index is 2.35. The Morgan fingerprint density at radius 1 is 0.667 bits per heavy atom. The summed E-state index contributed by atoms with van der Waals surface area (Å²) in [5.41, 5.74) is -1.81. The molecule has 2 rings (SSSR count). The first kappa shape index (κ1) is 8.02. The summed E-state index contributed by atoms with van der Waals surface area (Å²) in [6.45, 7) is 0. The lowest BCUT2D eigenvalue weighted by Gasteiger charge is -2.46. The Labute approximate surface area is 72.2 Å². The molecule has 0 amide bonds. The molecule has 0 bridgehead atoms. The van der Waals surface area contributed by atoms with Crippen LogP contribution in [0.4, 0.5) is 0 Å². The average Bonchev–Trinajstić information content (AvgIpc) is 2.05. The normalized spacial score (nSPS) is 45.8. The minimum Gasteiger partial charge on any atom is -0.386 e. The highest BCUT2D eigenvalue weighted by molar-refractivity contribution is 5.19. The monoisotopic (exact) mass is 166 g/mol. The molecule has 12 heavy (non-hydrogen) atoms. The zero-order chi connectivity index (χ0) is 8.66. The number of aliphatic hydroxyl groups is 2. The number of fused-ring (bicyclic) bond motifs is 1. The molecule has 2 aliphatic carbocycles. The molecule has 2 heteroatoms. The van der Waals surface area contributed by atoms with Crippen LogP contribution in [-0.4, -0.2) is 21.4 Å². The van der Waals surface area contributed by atoms with Gasteiger partial charge in [0, 0.05) is 0 Å². The molecule has 0 heterocycles. The molecule has 0 saturated heterocycles. The van der Waals surface area contributed by atoms with Gasteiger partial charge in [0.15, 0.2) is 0 Å². The lowest BCUT2D eigenvalue weighted by molar-refractivity contribution is -0.153. The van der Waals surface area contributed by atoms with E-state index in [-0.39, 0.29) is 0 Å². The summed E-state index contributed by atoms with van der Waals surface area (Å²) in [4.78, 5) is 0.